The number of aryl methyl sites for hydroxylation is 1. The first-order valence-electron chi connectivity index (χ1n) is 7.22. The molecule has 1 aliphatic rings. The maximum Gasteiger partial charge on any atom is 0.249 e. The van der Waals surface area contributed by atoms with Gasteiger partial charge in [-0.05, 0) is 49.7 Å². The van der Waals surface area contributed by atoms with Gasteiger partial charge in [-0.25, -0.2) is 0 Å². The van der Waals surface area contributed by atoms with Crippen molar-refractivity contribution in [3.8, 4) is 0 Å². The number of carbonyl (C=O) groups is 1. The summed E-state index contributed by atoms with van der Waals surface area (Å²) in [7, 11) is 0. The third-order valence-electron chi connectivity index (χ3n) is 3.72. The molecule has 2 rings (SSSR count). The highest BCUT2D eigenvalue weighted by molar-refractivity contribution is 7.98. The van der Waals surface area contributed by atoms with Gasteiger partial charge in [0.2, 0.25) is 5.91 Å². The number of hydrogen-bond acceptors (Lipinski definition) is 4. The molecule has 0 saturated carbocycles. The van der Waals surface area contributed by atoms with Gasteiger partial charge in [-0.2, -0.15) is 16.9 Å². The summed E-state index contributed by atoms with van der Waals surface area (Å²) in [6, 6.07) is 0. The SMILES string of the molecule is CSCC[C@H](O)C(=O)NCc1n[nH]c2c1CCCCC2. The largest absolute Gasteiger partial charge is 0.383 e. The van der Waals surface area contributed by atoms with Gasteiger partial charge in [-0.15, -0.1) is 0 Å². The second-order valence-electron chi connectivity index (χ2n) is 5.20. The quantitative estimate of drug-likeness (QED) is 0.694. The number of amides is 1. The topological polar surface area (TPSA) is 78.0 Å². The molecule has 3 N–H and O–H groups in total. The Balaban J connectivity index is 1.88. The predicted octanol–water partition coefficient (Wildman–Crippen LogP) is 1.41. The summed E-state index contributed by atoms with van der Waals surface area (Å²) >= 11 is 1.63. The molecule has 20 heavy (non-hydrogen) atoms. The Kier molecular flexibility index (Phi) is 5.91. The van der Waals surface area contributed by atoms with Crippen molar-refractivity contribution in [1.29, 1.82) is 0 Å². The lowest BCUT2D eigenvalue weighted by Gasteiger charge is -2.10. The molecule has 0 fully saturated rings. The number of nitrogens with zero attached hydrogens (tertiary/aromatic N) is 1. The van der Waals surface area contributed by atoms with Crippen LogP contribution in [0.1, 0.15) is 42.6 Å². The monoisotopic (exact) mass is 297 g/mol. The van der Waals surface area contributed by atoms with Crippen LogP contribution >= 0.6 is 11.8 Å². The van der Waals surface area contributed by atoms with Crippen LogP contribution in [-0.2, 0) is 24.2 Å². The van der Waals surface area contributed by atoms with Gasteiger partial charge in [0.1, 0.15) is 6.10 Å². The van der Waals surface area contributed by atoms with Crippen molar-refractivity contribution < 1.29 is 9.90 Å². The summed E-state index contributed by atoms with van der Waals surface area (Å²) < 4.78 is 0. The average molecular weight is 297 g/mol. The number of aromatic amines is 1. The first-order chi connectivity index (χ1) is 9.72. The van der Waals surface area contributed by atoms with Gasteiger partial charge in [0.15, 0.2) is 0 Å². The summed E-state index contributed by atoms with van der Waals surface area (Å²) in [6.07, 6.45) is 7.26. The zero-order valence-corrected chi connectivity index (χ0v) is 12.8. The first kappa shape index (κ1) is 15.4. The maximum absolute atomic E-state index is 11.8. The van der Waals surface area contributed by atoms with Crippen molar-refractivity contribution in [2.75, 3.05) is 12.0 Å². The van der Waals surface area contributed by atoms with Crippen LogP contribution < -0.4 is 5.32 Å². The average Bonchev–Trinajstić information content (AvgIpc) is 2.69. The molecule has 5 nitrogen and oxygen atoms in total. The van der Waals surface area contributed by atoms with Crippen molar-refractivity contribution >= 4 is 17.7 Å². The fourth-order valence-corrected chi connectivity index (χ4v) is 2.98. The number of fused-ring (bicyclic) bond motifs is 1. The molecule has 1 aromatic rings. The molecule has 1 aromatic heterocycles. The molecular weight excluding hydrogens is 274 g/mol. The highest BCUT2D eigenvalue weighted by atomic mass is 32.2. The van der Waals surface area contributed by atoms with E-state index < -0.39 is 6.10 Å². The molecule has 0 unspecified atom stereocenters. The third-order valence-corrected chi connectivity index (χ3v) is 4.36. The van der Waals surface area contributed by atoms with Crippen molar-refractivity contribution in [3.05, 3.63) is 17.0 Å². The lowest BCUT2D eigenvalue weighted by atomic mass is 10.1. The number of aliphatic hydroxyl groups is 1. The van der Waals surface area contributed by atoms with E-state index in [-0.39, 0.29) is 5.91 Å². The normalized spacial score (nSPS) is 16.3. The summed E-state index contributed by atoms with van der Waals surface area (Å²) in [5.74, 6) is 0.483. The fourth-order valence-electron chi connectivity index (χ4n) is 2.52. The van der Waals surface area contributed by atoms with E-state index in [4.69, 9.17) is 0 Å². The van der Waals surface area contributed by atoms with E-state index in [1.165, 1.54) is 30.5 Å². The predicted molar refractivity (Wildman–Crippen MR) is 80.7 cm³/mol. The first-order valence-corrected chi connectivity index (χ1v) is 8.61. The minimum absolute atomic E-state index is 0.301. The number of thioether (sulfide) groups is 1. The van der Waals surface area contributed by atoms with E-state index >= 15 is 0 Å². The molecule has 6 heteroatoms. The lowest BCUT2D eigenvalue weighted by Crippen LogP contribution is -2.34. The molecule has 1 atom stereocenters. The van der Waals surface area contributed by atoms with Crippen molar-refractivity contribution in [2.45, 2.75) is 51.2 Å². The standard InChI is InChI=1S/C14H23N3O2S/c1-20-8-7-13(18)14(19)15-9-12-10-5-3-2-4-6-11(10)16-17-12/h13,18H,2-9H2,1H3,(H,15,19)(H,16,17)/t13-/m0/s1. The molecule has 1 heterocycles. The van der Waals surface area contributed by atoms with Crippen LogP contribution in [0.5, 0.6) is 0 Å². The highest BCUT2D eigenvalue weighted by Crippen LogP contribution is 2.21. The van der Waals surface area contributed by atoms with Crippen molar-refractivity contribution in [1.82, 2.24) is 15.5 Å². The van der Waals surface area contributed by atoms with E-state index in [1.54, 1.807) is 11.8 Å². The van der Waals surface area contributed by atoms with Crippen LogP contribution in [0.3, 0.4) is 0 Å². The van der Waals surface area contributed by atoms with Gasteiger partial charge in [0, 0.05) is 5.69 Å². The van der Waals surface area contributed by atoms with E-state index in [0.717, 1.165) is 24.3 Å². The molecule has 0 aliphatic heterocycles. The van der Waals surface area contributed by atoms with Crippen LogP contribution in [0.25, 0.3) is 0 Å². The number of carbonyl (C=O) groups excluding carboxylic acids is 1. The summed E-state index contributed by atoms with van der Waals surface area (Å²) in [4.78, 5) is 11.8. The van der Waals surface area contributed by atoms with Gasteiger partial charge < -0.3 is 10.4 Å². The van der Waals surface area contributed by atoms with Crippen LogP contribution in [0.4, 0.5) is 0 Å². The smallest absolute Gasteiger partial charge is 0.249 e. The molecule has 0 aromatic carbocycles. The number of H-pyrrole nitrogens is 1. The summed E-state index contributed by atoms with van der Waals surface area (Å²) in [5.41, 5.74) is 3.41. The Bertz CT molecular complexity index is 448. The molecule has 1 amide bonds. The zero-order valence-electron chi connectivity index (χ0n) is 11.9. The van der Waals surface area contributed by atoms with Crippen molar-refractivity contribution in [2.24, 2.45) is 0 Å². The highest BCUT2D eigenvalue weighted by Gasteiger charge is 2.18. The Morgan fingerprint density at radius 3 is 3.05 bits per heavy atom. The fraction of sp³-hybridized carbons (Fsp3) is 0.714. The molecule has 0 saturated heterocycles. The lowest BCUT2D eigenvalue weighted by molar-refractivity contribution is -0.129. The molecular formula is C14H23N3O2S. The third kappa shape index (κ3) is 3.99. The number of hydrogen-bond donors (Lipinski definition) is 3. The van der Waals surface area contributed by atoms with Gasteiger partial charge in [-0.3, -0.25) is 9.89 Å². The Labute approximate surface area is 123 Å². The minimum atomic E-state index is -0.917. The van der Waals surface area contributed by atoms with Gasteiger partial charge in [0.25, 0.3) is 0 Å². The van der Waals surface area contributed by atoms with Gasteiger partial charge in [-0.1, -0.05) is 6.42 Å². The van der Waals surface area contributed by atoms with Crippen molar-refractivity contribution in [3.63, 3.8) is 0 Å². The Morgan fingerprint density at radius 2 is 2.25 bits per heavy atom. The number of rotatable bonds is 6. The number of nitrogens with one attached hydrogen (secondary N) is 2. The molecule has 1 aliphatic carbocycles. The van der Waals surface area contributed by atoms with E-state index in [0.29, 0.717) is 13.0 Å². The Morgan fingerprint density at radius 1 is 1.45 bits per heavy atom. The molecule has 0 bridgehead atoms. The minimum Gasteiger partial charge on any atom is -0.383 e. The summed E-state index contributed by atoms with van der Waals surface area (Å²) in [6.45, 7) is 0.404. The molecule has 112 valence electrons. The van der Waals surface area contributed by atoms with Crippen LogP contribution in [-0.4, -0.2) is 39.3 Å². The number of aliphatic hydroxyl groups excluding tert-OH is 1. The zero-order chi connectivity index (χ0) is 14.4. The molecule has 0 spiro atoms. The van der Waals surface area contributed by atoms with Crippen LogP contribution in [0, 0.1) is 0 Å². The van der Waals surface area contributed by atoms with E-state index in [9.17, 15) is 9.90 Å². The van der Waals surface area contributed by atoms with E-state index in [1.807, 2.05) is 6.26 Å². The van der Waals surface area contributed by atoms with E-state index in [2.05, 4.69) is 15.5 Å². The molecule has 0 radical (unpaired) electrons. The van der Waals surface area contributed by atoms with Gasteiger partial charge >= 0.3 is 0 Å². The van der Waals surface area contributed by atoms with Gasteiger partial charge in [0.05, 0.1) is 12.2 Å². The second-order valence-corrected chi connectivity index (χ2v) is 6.19. The Hall–Kier alpha value is -1.01. The number of aromatic nitrogens is 2. The maximum atomic E-state index is 11.8. The summed E-state index contributed by atoms with van der Waals surface area (Å²) in [5, 5.41) is 19.9. The second kappa shape index (κ2) is 7.69. The van der Waals surface area contributed by atoms with Crippen LogP contribution in [0.2, 0.25) is 0 Å². The van der Waals surface area contributed by atoms with Crippen LogP contribution in [0.15, 0.2) is 0 Å².